The molecule has 2 aromatic heterocycles. The summed E-state index contributed by atoms with van der Waals surface area (Å²) in [4.78, 5) is 42.3. The third kappa shape index (κ3) is 4.91. The van der Waals surface area contributed by atoms with Gasteiger partial charge < -0.3 is 19.2 Å². The first-order valence-corrected chi connectivity index (χ1v) is 11.5. The van der Waals surface area contributed by atoms with E-state index in [0.717, 1.165) is 10.1 Å². The number of rotatable bonds is 7. The van der Waals surface area contributed by atoms with Gasteiger partial charge in [-0.3, -0.25) is 9.36 Å². The van der Waals surface area contributed by atoms with Crippen molar-refractivity contribution >= 4 is 39.2 Å². The number of benzene rings is 1. The highest BCUT2D eigenvalue weighted by molar-refractivity contribution is 9.10. The van der Waals surface area contributed by atoms with E-state index in [4.69, 9.17) is 16.3 Å². The van der Waals surface area contributed by atoms with Crippen LogP contribution in [0.15, 0.2) is 44.8 Å². The molecule has 11 heteroatoms. The zero-order valence-electron chi connectivity index (χ0n) is 18.9. The molecule has 3 aromatic rings. The maximum atomic E-state index is 12.9. The Bertz CT molecular complexity index is 1290. The maximum absolute atomic E-state index is 12.9. The normalized spacial score (nSPS) is 12.1. The molecule has 33 heavy (non-hydrogen) atoms. The van der Waals surface area contributed by atoms with Gasteiger partial charge >= 0.3 is 11.7 Å². The van der Waals surface area contributed by atoms with Gasteiger partial charge in [0.05, 0.1) is 18.3 Å². The summed E-state index contributed by atoms with van der Waals surface area (Å²) in [6, 6.07) is 6.27. The predicted molar refractivity (Wildman–Crippen MR) is 130 cm³/mol. The minimum atomic E-state index is -0.687. The van der Waals surface area contributed by atoms with Crippen molar-refractivity contribution in [3.63, 3.8) is 0 Å². The maximum Gasteiger partial charge on any atom is 0.358 e. The van der Waals surface area contributed by atoms with E-state index in [9.17, 15) is 14.4 Å². The average Bonchev–Trinajstić information content (AvgIpc) is 3.12. The molecule has 0 amide bonds. The van der Waals surface area contributed by atoms with Crippen LogP contribution in [0.2, 0.25) is 5.02 Å². The smallest absolute Gasteiger partial charge is 0.358 e. The molecule has 1 N–H and O–H groups in total. The highest BCUT2D eigenvalue weighted by Gasteiger charge is 2.31. The minimum Gasteiger partial charge on any atom is -0.461 e. The van der Waals surface area contributed by atoms with Crippen molar-refractivity contribution in [1.29, 1.82) is 0 Å². The summed E-state index contributed by atoms with van der Waals surface area (Å²) in [6.45, 7) is 5.81. The van der Waals surface area contributed by atoms with Crippen molar-refractivity contribution in [3.8, 4) is 0 Å². The van der Waals surface area contributed by atoms with Gasteiger partial charge in [0.25, 0.3) is 5.56 Å². The second-order valence-corrected chi connectivity index (χ2v) is 8.87. The fourth-order valence-electron chi connectivity index (χ4n) is 3.56. The molecular formula is C22H25BrClN5O4. The van der Waals surface area contributed by atoms with Crippen molar-refractivity contribution < 1.29 is 9.53 Å². The molecule has 0 aliphatic heterocycles. The van der Waals surface area contributed by atoms with E-state index in [2.05, 4.69) is 26.2 Å². The molecule has 0 radical (unpaired) electrons. The third-order valence-electron chi connectivity index (χ3n) is 5.11. The van der Waals surface area contributed by atoms with Gasteiger partial charge in [0.2, 0.25) is 0 Å². The first-order chi connectivity index (χ1) is 15.6. The lowest BCUT2D eigenvalue weighted by Gasteiger charge is -2.25. The van der Waals surface area contributed by atoms with Crippen molar-refractivity contribution in [2.24, 2.45) is 14.1 Å². The van der Waals surface area contributed by atoms with Crippen molar-refractivity contribution in [2.75, 3.05) is 11.9 Å². The van der Waals surface area contributed by atoms with Crippen LogP contribution in [0.4, 0.5) is 5.69 Å². The fourth-order valence-corrected chi connectivity index (χ4v) is 4.46. The molecule has 0 aliphatic carbocycles. The average molecular weight is 539 g/mol. The van der Waals surface area contributed by atoms with E-state index in [0.29, 0.717) is 15.5 Å². The van der Waals surface area contributed by atoms with Gasteiger partial charge in [-0.15, -0.1) is 0 Å². The zero-order valence-corrected chi connectivity index (χ0v) is 21.3. The number of hydrogen-bond donors (Lipinski definition) is 1. The Morgan fingerprint density at radius 3 is 2.42 bits per heavy atom. The summed E-state index contributed by atoms with van der Waals surface area (Å²) >= 11 is 9.56. The standard InChI is InChI=1S/C22H25BrClN5O4/c1-6-33-20(31)17-18(29(12(2)3)21(23)26-17)16(13-7-9-14(24)10-8-13)25-15-11-27(4)22(32)28(5)19(15)30/h7-12,16,25H,6H2,1-5H3. The SMILES string of the molecule is CCOC(=O)c1nc(Br)n(C(C)C)c1C(Nc1cn(C)c(=O)n(C)c1=O)c1ccc(Cl)cc1. The lowest BCUT2D eigenvalue weighted by Crippen LogP contribution is -2.38. The monoisotopic (exact) mass is 537 g/mol. The van der Waals surface area contributed by atoms with Crippen LogP contribution in [0.3, 0.4) is 0 Å². The Kier molecular flexibility index (Phi) is 7.48. The van der Waals surface area contributed by atoms with Crippen LogP contribution in [-0.2, 0) is 18.8 Å². The minimum absolute atomic E-state index is 0.0791. The summed E-state index contributed by atoms with van der Waals surface area (Å²) in [5.74, 6) is -0.582. The zero-order chi connectivity index (χ0) is 24.4. The predicted octanol–water partition coefficient (Wildman–Crippen LogP) is 3.66. The van der Waals surface area contributed by atoms with Gasteiger partial charge in [-0.05, 0) is 54.4 Å². The van der Waals surface area contributed by atoms with Crippen molar-refractivity contribution in [2.45, 2.75) is 32.9 Å². The molecule has 0 spiro atoms. The van der Waals surface area contributed by atoms with Gasteiger partial charge in [0.15, 0.2) is 10.4 Å². The van der Waals surface area contributed by atoms with Gasteiger partial charge in [-0.1, -0.05) is 23.7 Å². The van der Waals surface area contributed by atoms with Crippen LogP contribution in [0.25, 0.3) is 0 Å². The lowest BCUT2D eigenvalue weighted by atomic mass is 10.0. The number of carbonyl (C=O) groups excluding carboxylic acids is 1. The summed E-state index contributed by atoms with van der Waals surface area (Å²) in [5, 5.41) is 3.77. The molecule has 2 heterocycles. The van der Waals surface area contributed by atoms with Crippen LogP contribution in [0.1, 0.15) is 54.6 Å². The number of carbonyl (C=O) groups is 1. The molecule has 0 aliphatic rings. The quantitative estimate of drug-likeness (QED) is 0.461. The molecule has 1 unspecified atom stereocenters. The molecule has 9 nitrogen and oxygen atoms in total. The van der Waals surface area contributed by atoms with E-state index in [-0.39, 0.29) is 24.0 Å². The number of halogens is 2. The van der Waals surface area contributed by atoms with Crippen LogP contribution >= 0.6 is 27.5 Å². The highest BCUT2D eigenvalue weighted by atomic mass is 79.9. The molecular weight excluding hydrogens is 514 g/mol. The lowest BCUT2D eigenvalue weighted by molar-refractivity contribution is 0.0518. The van der Waals surface area contributed by atoms with E-state index >= 15 is 0 Å². The number of nitrogens with zero attached hydrogens (tertiary/aromatic N) is 4. The second-order valence-electron chi connectivity index (χ2n) is 7.73. The molecule has 0 fully saturated rings. The van der Waals surface area contributed by atoms with Gasteiger partial charge in [0.1, 0.15) is 5.69 Å². The van der Waals surface area contributed by atoms with E-state index in [1.807, 2.05) is 18.4 Å². The topological polar surface area (TPSA) is 100 Å². The Morgan fingerprint density at radius 1 is 1.21 bits per heavy atom. The van der Waals surface area contributed by atoms with Crippen LogP contribution < -0.4 is 16.6 Å². The summed E-state index contributed by atoms with van der Waals surface area (Å²) in [6.07, 6.45) is 1.43. The molecule has 0 bridgehead atoms. The van der Waals surface area contributed by atoms with E-state index in [1.54, 1.807) is 38.2 Å². The summed E-state index contributed by atoms with van der Waals surface area (Å²) in [7, 11) is 2.97. The largest absolute Gasteiger partial charge is 0.461 e. The Balaban J connectivity index is 2.30. The first-order valence-electron chi connectivity index (χ1n) is 10.3. The Hall–Kier alpha value is -2.85. The van der Waals surface area contributed by atoms with Gasteiger partial charge in [-0.2, -0.15) is 0 Å². The number of esters is 1. The second kappa shape index (κ2) is 9.96. The van der Waals surface area contributed by atoms with Crippen molar-refractivity contribution in [1.82, 2.24) is 18.7 Å². The summed E-state index contributed by atoms with van der Waals surface area (Å²) < 4.78 is 9.88. The molecule has 0 saturated heterocycles. The number of aromatic nitrogens is 4. The van der Waals surface area contributed by atoms with Crippen LogP contribution in [0.5, 0.6) is 0 Å². The molecule has 176 valence electrons. The van der Waals surface area contributed by atoms with Gasteiger partial charge in [0, 0.05) is 31.4 Å². The third-order valence-corrected chi connectivity index (χ3v) is 5.92. The van der Waals surface area contributed by atoms with Gasteiger partial charge in [-0.25, -0.2) is 14.6 Å². The number of aryl methyl sites for hydroxylation is 1. The van der Waals surface area contributed by atoms with Crippen molar-refractivity contribution in [3.05, 3.63) is 78.0 Å². The molecule has 3 rings (SSSR count). The number of nitrogens with one attached hydrogen (secondary N) is 1. The number of imidazole rings is 1. The number of anilines is 1. The highest BCUT2D eigenvalue weighted by Crippen LogP contribution is 2.34. The first kappa shape index (κ1) is 24.8. The van der Waals surface area contributed by atoms with E-state index < -0.39 is 23.3 Å². The Morgan fingerprint density at radius 2 is 1.85 bits per heavy atom. The fraction of sp³-hybridized carbons (Fsp3) is 0.364. The van der Waals surface area contributed by atoms with Crippen LogP contribution in [-0.4, -0.2) is 31.3 Å². The molecule has 1 aromatic carbocycles. The molecule has 0 saturated carbocycles. The van der Waals surface area contributed by atoms with E-state index in [1.165, 1.54) is 17.8 Å². The summed E-state index contributed by atoms with van der Waals surface area (Å²) in [5.41, 5.74) is 0.595. The number of ether oxygens (including phenoxy) is 1. The number of hydrogen-bond acceptors (Lipinski definition) is 6. The Labute approximate surface area is 204 Å². The molecule has 1 atom stereocenters. The van der Waals surface area contributed by atoms with Crippen LogP contribution in [0, 0.1) is 0 Å².